The third-order valence-electron chi connectivity index (χ3n) is 5.61. The summed E-state index contributed by atoms with van der Waals surface area (Å²) in [5.41, 5.74) is 3.33. The van der Waals surface area contributed by atoms with E-state index in [9.17, 15) is 9.90 Å². The number of nitrogens with zero attached hydrogens (tertiary/aromatic N) is 4. The molecule has 2 amide bonds. The molecule has 4 rings (SSSR count). The third-order valence-corrected chi connectivity index (χ3v) is 5.61. The lowest BCUT2D eigenvalue weighted by Crippen LogP contribution is -2.46. The Morgan fingerprint density at radius 2 is 1.25 bits per heavy atom. The molecule has 2 heterocycles. The molecule has 2 fully saturated rings. The molecule has 0 spiro atoms. The van der Waals surface area contributed by atoms with Crippen molar-refractivity contribution < 1.29 is 9.90 Å². The van der Waals surface area contributed by atoms with E-state index in [0.717, 1.165) is 63.6 Å². The predicted molar refractivity (Wildman–Crippen MR) is 114 cm³/mol. The van der Waals surface area contributed by atoms with E-state index in [1.807, 2.05) is 21.9 Å². The van der Waals surface area contributed by atoms with Gasteiger partial charge < -0.3 is 19.8 Å². The minimum atomic E-state index is 0.122. The molecule has 2 aliphatic rings. The number of hydrogen-bond acceptors (Lipinski definition) is 4. The second kappa shape index (κ2) is 8.00. The van der Waals surface area contributed by atoms with Gasteiger partial charge in [-0.15, -0.1) is 0 Å². The molecule has 2 aromatic carbocycles. The molecule has 28 heavy (non-hydrogen) atoms. The van der Waals surface area contributed by atoms with E-state index in [2.05, 4.69) is 41.0 Å². The molecule has 0 atom stereocenters. The minimum Gasteiger partial charge on any atom is -0.508 e. The molecular weight excluding hydrogens is 352 g/mol. The van der Waals surface area contributed by atoms with E-state index >= 15 is 0 Å². The summed E-state index contributed by atoms with van der Waals surface area (Å²) in [5.74, 6) is 0.303. The molecule has 0 aromatic heterocycles. The number of aromatic hydroxyl groups is 1. The number of phenolic OH excluding ortho intramolecular Hbond substituents is 1. The largest absolute Gasteiger partial charge is 0.508 e. The Labute approximate surface area is 166 Å². The number of rotatable bonds is 5. The summed E-state index contributed by atoms with van der Waals surface area (Å²) in [5, 5.41) is 9.45. The molecule has 0 radical (unpaired) electrons. The Hall–Kier alpha value is -2.89. The number of amides is 2. The monoisotopic (exact) mass is 380 g/mol. The first-order chi connectivity index (χ1) is 13.7. The molecule has 0 aliphatic carbocycles. The van der Waals surface area contributed by atoms with Crippen molar-refractivity contribution in [2.24, 2.45) is 0 Å². The van der Waals surface area contributed by atoms with Crippen molar-refractivity contribution in [3.63, 3.8) is 0 Å². The normalized spacial score (nSPS) is 17.5. The third kappa shape index (κ3) is 3.72. The number of anilines is 3. The fraction of sp³-hybridized carbons (Fsp3) is 0.409. The van der Waals surface area contributed by atoms with Gasteiger partial charge in [-0.05, 0) is 55.0 Å². The lowest BCUT2D eigenvalue weighted by Gasteiger charge is -2.37. The van der Waals surface area contributed by atoms with Crippen LogP contribution in [0.25, 0.3) is 0 Å². The topological polar surface area (TPSA) is 50.3 Å². The summed E-state index contributed by atoms with van der Waals surface area (Å²) >= 11 is 0. The van der Waals surface area contributed by atoms with E-state index in [1.165, 1.54) is 5.69 Å². The number of benzene rings is 2. The van der Waals surface area contributed by atoms with E-state index in [1.54, 1.807) is 12.1 Å². The molecule has 0 unspecified atom stereocenters. The maximum atomic E-state index is 12.5. The highest BCUT2D eigenvalue weighted by Gasteiger charge is 2.28. The van der Waals surface area contributed by atoms with Crippen LogP contribution in [0.5, 0.6) is 5.75 Å². The van der Waals surface area contributed by atoms with Crippen molar-refractivity contribution in [1.29, 1.82) is 0 Å². The van der Waals surface area contributed by atoms with Gasteiger partial charge in [0.25, 0.3) is 0 Å². The van der Waals surface area contributed by atoms with Crippen LogP contribution < -0.4 is 14.7 Å². The molecule has 6 heteroatoms. The Morgan fingerprint density at radius 1 is 0.750 bits per heavy atom. The summed E-state index contributed by atoms with van der Waals surface area (Å²) in [4.78, 5) is 21.0. The Kier molecular flexibility index (Phi) is 5.28. The van der Waals surface area contributed by atoms with E-state index in [0.29, 0.717) is 5.75 Å². The lowest BCUT2D eigenvalue weighted by molar-refractivity contribution is 0.220. The molecular formula is C22H28N4O2. The summed E-state index contributed by atoms with van der Waals surface area (Å²) in [6.45, 7) is 8.31. The van der Waals surface area contributed by atoms with Crippen LogP contribution in [0, 0.1) is 0 Å². The van der Waals surface area contributed by atoms with Crippen LogP contribution in [0.1, 0.15) is 13.3 Å². The number of urea groups is 1. The Morgan fingerprint density at radius 3 is 1.79 bits per heavy atom. The first-order valence-electron chi connectivity index (χ1n) is 10.1. The van der Waals surface area contributed by atoms with Gasteiger partial charge in [0.15, 0.2) is 0 Å². The fourth-order valence-electron chi connectivity index (χ4n) is 4.03. The second-order valence-electron chi connectivity index (χ2n) is 7.43. The summed E-state index contributed by atoms with van der Waals surface area (Å²) in [6, 6.07) is 15.9. The standard InChI is InChI=1S/C22H28N4O2/c1-2-11-25-16-17-26(22(25)28)20-5-3-18(4-6-20)23-12-14-24(15-13-23)19-7-9-21(27)10-8-19/h3-10,27H,2,11-17H2,1H3. The van der Waals surface area contributed by atoms with Crippen LogP contribution in [-0.4, -0.2) is 61.9 Å². The first-order valence-corrected chi connectivity index (χ1v) is 10.1. The summed E-state index contributed by atoms with van der Waals surface area (Å²) < 4.78 is 0. The minimum absolute atomic E-state index is 0.122. The van der Waals surface area contributed by atoms with Gasteiger partial charge >= 0.3 is 6.03 Å². The van der Waals surface area contributed by atoms with Crippen molar-refractivity contribution in [2.75, 3.05) is 60.5 Å². The highest BCUT2D eigenvalue weighted by atomic mass is 16.3. The molecule has 1 N–H and O–H groups in total. The van der Waals surface area contributed by atoms with Gasteiger partial charge in [-0.25, -0.2) is 4.79 Å². The zero-order valence-corrected chi connectivity index (χ0v) is 16.4. The number of carbonyl (C=O) groups excluding carboxylic acids is 1. The van der Waals surface area contributed by atoms with E-state index in [4.69, 9.17) is 0 Å². The first kappa shape index (κ1) is 18.5. The van der Waals surface area contributed by atoms with Gasteiger partial charge in [-0.1, -0.05) is 6.92 Å². The molecule has 2 saturated heterocycles. The fourth-order valence-corrected chi connectivity index (χ4v) is 4.03. The quantitative estimate of drug-likeness (QED) is 0.864. The lowest BCUT2D eigenvalue weighted by atomic mass is 10.2. The number of phenols is 1. The predicted octanol–water partition coefficient (Wildman–Crippen LogP) is 3.37. The average molecular weight is 380 g/mol. The molecule has 0 saturated carbocycles. The van der Waals surface area contributed by atoms with Gasteiger partial charge in [0.1, 0.15) is 5.75 Å². The van der Waals surface area contributed by atoms with Gasteiger partial charge in [0, 0.05) is 62.9 Å². The van der Waals surface area contributed by atoms with Crippen molar-refractivity contribution in [1.82, 2.24) is 4.90 Å². The Balaban J connectivity index is 1.36. The molecule has 0 bridgehead atoms. The van der Waals surface area contributed by atoms with Crippen molar-refractivity contribution >= 4 is 23.1 Å². The highest BCUT2D eigenvalue weighted by Crippen LogP contribution is 2.26. The maximum Gasteiger partial charge on any atom is 0.324 e. The SMILES string of the molecule is CCCN1CCN(c2ccc(N3CCN(c4ccc(O)cc4)CC3)cc2)C1=O. The van der Waals surface area contributed by atoms with Crippen LogP contribution in [-0.2, 0) is 0 Å². The molecule has 148 valence electrons. The molecule has 2 aliphatic heterocycles. The van der Waals surface area contributed by atoms with Crippen LogP contribution in [0.15, 0.2) is 48.5 Å². The zero-order chi connectivity index (χ0) is 19.5. The molecule has 6 nitrogen and oxygen atoms in total. The van der Waals surface area contributed by atoms with Gasteiger partial charge in [0.05, 0.1) is 0 Å². The second-order valence-corrected chi connectivity index (χ2v) is 7.43. The van der Waals surface area contributed by atoms with E-state index < -0.39 is 0 Å². The number of carbonyl (C=O) groups is 1. The van der Waals surface area contributed by atoms with Gasteiger partial charge in [-0.3, -0.25) is 4.90 Å². The van der Waals surface area contributed by atoms with Gasteiger partial charge in [-0.2, -0.15) is 0 Å². The van der Waals surface area contributed by atoms with Crippen LogP contribution in [0.2, 0.25) is 0 Å². The zero-order valence-electron chi connectivity index (χ0n) is 16.4. The maximum absolute atomic E-state index is 12.5. The van der Waals surface area contributed by atoms with E-state index in [-0.39, 0.29) is 6.03 Å². The highest BCUT2D eigenvalue weighted by molar-refractivity contribution is 5.94. The summed E-state index contributed by atoms with van der Waals surface area (Å²) in [7, 11) is 0. The number of piperazine rings is 1. The molecule has 2 aromatic rings. The number of hydrogen-bond donors (Lipinski definition) is 1. The summed E-state index contributed by atoms with van der Waals surface area (Å²) in [6.07, 6.45) is 0.995. The van der Waals surface area contributed by atoms with Gasteiger partial charge in [0.2, 0.25) is 0 Å². The van der Waals surface area contributed by atoms with Crippen LogP contribution in [0.4, 0.5) is 21.9 Å². The average Bonchev–Trinajstić information content (AvgIpc) is 3.10. The van der Waals surface area contributed by atoms with Crippen molar-refractivity contribution in [3.05, 3.63) is 48.5 Å². The van der Waals surface area contributed by atoms with Crippen molar-refractivity contribution in [3.8, 4) is 5.75 Å². The van der Waals surface area contributed by atoms with Crippen LogP contribution >= 0.6 is 0 Å². The smallest absolute Gasteiger partial charge is 0.324 e. The Bertz CT molecular complexity index is 798. The van der Waals surface area contributed by atoms with Crippen molar-refractivity contribution in [2.45, 2.75) is 13.3 Å². The van der Waals surface area contributed by atoms with Crippen LogP contribution in [0.3, 0.4) is 0 Å².